The molecular weight excluding hydrogens is 380 g/mol. The van der Waals surface area contributed by atoms with E-state index >= 15 is 0 Å². The van der Waals surface area contributed by atoms with Gasteiger partial charge in [0.1, 0.15) is 12.3 Å². The number of rotatable bonds is 3. The molecule has 0 amide bonds. The van der Waals surface area contributed by atoms with Crippen molar-refractivity contribution in [3.05, 3.63) is 58.2 Å². The summed E-state index contributed by atoms with van der Waals surface area (Å²) < 4.78 is 27.9. The number of phenolic OH excluding ortho intramolecular Hbond substituents is 1. The number of aryl methyl sites for hydroxylation is 1. The number of hydrogen-bond acceptors (Lipinski definition) is 3. The third kappa shape index (κ3) is 2.65. The molecule has 0 unspecified atom stereocenters. The summed E-state index contributed by atoms with van der Waals surface area (Å²) in [6.45, 7) is 2.22. The van der Waals surface area contributed by atoms with Crippen LogP contribution in [0.2, 0.25) is 0 Å². The highest BCUT2D eigenvalue weighted by Crippen LogP contribution is 2.33. The van der Waals surface area contributed by atoms with E-state index in [-0.39, 0.29) is 10.6 Å². The molecule has 7 heteroatoms. The Morgan fingerprint density at radius 1 is 1.17 bits per heavy atom. The van der Waals surface area contributed by atoms with E-state index in [9.17, 15) is 13.5 Å². The summed E-state index contributed by atoms with van der Waals surface area (Å²) in [4.78, 5) is 0.206. The van der Waals surface area contributed by atoms with Crippen LogP contribution in [0.1, 0.15) is 11.3 Å². The molecule has 0 fully saturated rings. The lowest BCUT2D eigenvalue weighted by atomic mass is 10.2. The SMILES string of the molecule is Cc1ccc(S(=O)(=O)n2c(C[NH3+])cc3cc(Br)c(O)cc32)cc1. The molecule has 0 spiro atoms. The topological polar surface area (TPSA) is 86.9 Å². The fourth-order valence-electron chi connectivity index (χ4n) is 2.52. The molecule has 1 aromatic heterocycles. The van der Waals surface area contributed by atoms with Crippen molar-refractivity contribution < 1.29 is 19.3 Å². The summed E-state index contributed by atoms with van der Waals surface area (Å²) in [5.74, 6) is -0.00781. The van der Waals surface area contributed by atoms with Gasteiger partial charge in [-0.2, -0.15) is 0 Å². The van der Waals surface area contributed by atoms with E-state index in [0.717, 1.165) is 10.9 Å². The van der Waals surface area contributed by atoms with Gasteiger partial charge in [-0.15, -0.1) is 0 Å². The Hall–Kier alpha value is -1.83. The van der Waals surface area contributed by atoms with Crippen LogP contribution >= 0.6 is 15.9 Å². The number of quaternary nitrogens is 1. The largest absolute Gasteiger partial charge is 0.507 e. The summed E-state index contributed by atoms with van der Waals surface area (Å²) >= 11 is 3.25. The smallest absolute Gasteiger partial charge is 0.268 e. The molecule has 0 bridgehead atoms. The van der Waals surface area contributed by atoms with E-state index in [1.165, 1.54) is 10.0 Å². The number of aromatic nitrogens is 1. The first-order chi connectivity index (χ1) is 10.8. The number of fused-ring (bicyclic) bond motifs is 1. The molecule has 2 aromatic carbocycles. The molecule has 1 heterocycles. The second-order valence-electron chi connectivity index (χ2n) is 5.33. The lowest BCUT2D eigenvalue weighted by molar-refractivity contribution is -0.387. The van der Waals surface area contributed by atoms with Crippen molar-refractivity contribution in [2.45, 2.75) is 18.4 Å². The zero-order valence-corrected chi connectivity index (χ0v) is 14.9. The Morgan fingerprint density at radius 3 is 2.43 bits per heavy atom. The third-order valence-corrected chi connectivity index (χ3v) is 6.13. The van der Waals surface area contributed by atoms with Crippen molar-refractivity contribution in [3.63, 3.8) is 0 Å². The fraction of sp³-hybridized carbons (Fsp3) is 0.125. The minimum absolute atomic E-state index is 0.00781. The number of hydrogen-bond donors (Lipinski definition) is 2. The number of phenols is 1. The van der Waals surface area contributed by atoms with Crippen LogP contribution in [0, 0.1) is 6.92 Å². The van der Waals surface area contributed by atoms with Gasteiger partial charge in [0.05, 0.1) is 20.6 Å². The second-order valence-corrected chi connectivity index (χ2v) is 7.97. The summed E-state index contributed by atoms with van der Waals surface area (Å²) in [6, 6.07) is 11.6. The molecule has 0 radical (unpaired) electrons. The van der Waals surface area contributed by atoms with Gasteiger partial charge in [0.15, 0.2) is 0 Å². The number of aromatic hydroxyl groups is 1. The predicted octanol–water partition coefficient (Wildman–Crippen LogP) is 2.40. The first-order valence-electron chi connectivity index (χ1n) is 6.99. The molecule has 0 aliphatic heterocycles. The molecule has 120 valence electrons. The fourth-order valence-corrected chi connectivity index (χ4v) is 4.45. The van der Waals surface area contributed by atoms with Crippen LogP contribution in [-0.4, -0.2) is 17.5 Å². The molecule has 0 aliphatic rings. The van der Waals surface area contributed by atoms with E-state index in [2.05, 4.69) is 21.7 Å². The standard InChI is InChI=1S/C16H15BrN2O3S/c1-10-2-4-13(5-3-10)23(21,22)19-12(9-18)6-11-7-14(17)16(20)8-15(11)19/h2-8,20H,9,18H2,1H3/p+1. The predicted molar refractivity (Wildman–Crippen MR) is 91.7 cm³/mol. The van der Waals surface area contributed by atoms with Crippen LogP contribution in [0.25, 0.3) is 10.9 Å². The highest BCUT2D eigenvalue weighted by molar-refractivity contribution is 9.10. The first-order valence-corrected chi connectivity index (χ1v) is 9.22. The van der Waals surface area contributed by atoms with Gasteiger partial charge in [0.2, 0.25) is 0 Å². The van der Waals surface area contributed by atoms with Crippen LogP contribution in [0.5, 0.6) is 5.75 Å². The average Bonchev–Trinajstić information content (AvgIpc) is 2.86. The van der Waals surface area contributed by atoms with Gasteiger partial charge >= 0.3 is 0 Å². The van der Waals surface area contributed by atoms with Gasteiger partial charge in [-0.25, -0.2) is 12.4 Å². The van der Waals surface area contributed by atoms with E-state index < -0.39 is 10.0 Å². The molecule has 0 aliphatic carbocycles. The second kappa shape index (κ2) is 5.67. The van der Waals surface area contributed by atoms with Crippen LogP contribution in [0.15, 0.2) is 51.8 Å². The molecule has 23 heavy (non-hydrogen) atoms. The maximum atomic E-state index is 13.0. The Balaban J connectivity index is 2.33. The Kier molecular flexibility index (Phi) is 3.95. The Bertz CT molecular complexity index is 992. The minimum Gasteiger partial charge on any atom is -0.507 e. The normalized spacial score (nSPS) is 12.0. The number of benzene rings is 2. The third-order valence-electron chi connectivity index (χ3n) is 3.71. The van der Waals surface area contributed by atoms with E-state index in [1.807, 2.05) is 6.92 Å². The summed E-state index contributed by atoms with van der Waals surface area (Å²) in [5, 5.41) is 10.7. The molecule has 4 N–H and O–H groups in total. The van der Waals surface area contributed by atoms with Gasteiger partial charge in [-0.1, -0.05) is 17.7 Å². The van der Waals surface area contributed by atoms with Gasteiger partial charge < -0.3 is 10.8 Å². The maximum Gasteiger partial charge on any atom is 0.268 e. The Labute approximate surface area is 142 Å². The number of nitrogens with zero attached hydrogens (tertiary/aromatic N) is 1. The highest BCUT2D eigenvalue weighted by Gasteiger charge is 2.24. The molecule has 5 nitrogen and oxygen atoms in total. The lowest BCUT2D eigenvalue weighted by Crippen LogP contribution is -2.48. The van der Waals surface area contributed by atoms with E-state index in [4.69, 9.17) is 0 Å². The molecule has 0 saturated carbocycles. The summed E-state index contributed by atoms with van der Waals surface area (Å²) in [6.07, 6.45) is 0. The molecular formula is C16H16BrN2O3S+. The van der Waals surface area contributed by atoms with Gasteiger partial charge in [0, 0.05) is 11.5 Å². The zero-order chi connectivity index (χ0) is 16.8. The molecule has 3 aromatic rings. The van der Waals surface area contributed by atoms with Gasteiger partial charge in [-0.3, -0.25) is 0 Å². The molecule has 3 rings (SSSR count). The monoisotopic (exact) mass is 395 g/mol. The van der Waals surface area contributed by atoms with E-state index in [0.29, 0.717) is 22.2 Å². The van der Waals surface area contributed by atoms with Crippen molar-refractivity contribution in [2.75, 3.05) is 0 Å². The van der Waals surface area contributed by atoms with Crippen LogP contribution in [0.4, 0.5) is 0 Å². The number of halogens is 1. The Morgan fingerprint density at radius 2 is 1.83 bits per heavy atom. The van der Waals surface area contributed by atoms with Crippen LogP contribution in [-0.2, 0) is 16.6 Å². The first kappa shape index (κ1) is 16.0. The summed E-state index contributed by atoms with van der Waals surface area (Å²) in [5.41, 5.74) is 5.81. The van der Waals surface area contributed by atoms with Crippen LogP contribution in [0.3, 0.4) is 0 Å². The average molecular weight is 396 g/mol. The zero-order valence-electron chi connectivity index (χ0n) is 12.5. The van der Waals surface area contributed by atoms with Crippen molar-refractivity contribution >= 4 is 36.9 Å². The van der Waals surface area contributed by atoms with E-state index in [1.54, 1.807) is 36.4 Å². The molecule has 0 saturated heterocycles. The summed E-state index contributed by atoms with van der Waals surface area (Å²) in [7, 11) is -3.76. The highest BCUT2D eigenvalue weighted by atomic mass is 79.9. The maximum absolute atomic E-state index is 13.0. The van der Waals surface area contributed by atoms with Crippen molar-refractivity contribution in [1.82, 2.24) is 3.97 Å². The van der Waals surface area contributed by atoms with Crippen molar-refractivity contribution in [1.29, 1.82) is 0 Å². The van der Waals surface area contributed by atoms with Crippen molar-refractivity contribution in [3.8, 4) is 5.75 Å². The minimum atomic E-state index is -3.76. The quantitative estimate of drug-likeness (QED) is 0.713. The van der Waals surface area contributed by atoms with Crippen molar-refractivity contribution in [2.24, 2.45) is 0 Å². The van der Waals surface area contributed by atoms with Crippen LogP contribution < -0.4 is 5.73 Å². The lowest BCUT2D eigenvalue weighted by Gasteiger charge is -2.11. The van der Waals surface area contributed by atoms with Gasteiger partial charge in [0.25, 0.3) is 10.0 Å². The molecule has 0 atom stereocenters. The van der Waals surface area contributed by atoms with Gasteiger partial charge in [-0.05, 0) is 47.1 Å².